The van der Waals surface area contributed by atoms with E-state index in [1.807, 2.05) is 31.2 Å². The number of ether oxygens (including phenoxy) is 1. The van der Waals surface area contributed by atoms with E-state index >= 15 is 0 Å². The number of rotatable bonds is 5. The summed E-state index contributed by atoms with van der Waals surface area (Å²) in [7, 11) is 0. The Morgan fingerprint density at radius 2 is 2.00 bits per heavy atom. The highest BCUT2D eigenvalue weighted by Gasteiger charge is 2.11. The molecule has 0 spiro atoms. The van der Waals surface area contributed by atoms with Gasteiger partial charge in [0.25, 0.3) is 0 Å². The average molecular weight is 309 g/mol. The fraction of sp³-hybridized carbons (Fsp3) is 0.118. The maximum absolute atomic E-state index is 11.1. The summed E-state index contributed by atoms with van der Waals surface area (Å²) in [6.07, 6.45) is 1.64. The number of carbonyl (C=O) groups is 1. The molecule has 1 heterocycles. The normalized spacial score (nSPS) is 10.5. The summed E-state index contributed by atoms with van der Waals surface area (Å²) in [5.74, 6) is -0.183. The number of carboxylic acids is 1. The first-order valence-electron chi connectivity index (χ1n) is 7.16. The van der Waals surface area contributed by atoms with Crippen molar-refractivity contribution in [1.82, 2.24) is 15.0 Å². The first-order valence-corrected chi connectivity index (χ1v) is 7.16. The van der Waals surface area contributed by atoms with E-state index in [4.69, 9.17) is 9.84 Å². The van der Waals surface area contributed by atoms with Gasteiger partial charge in [0.2, 0.25) is 0 Å². The quantitative estimate of drug-likeness (QED) is 0.784. The predicted molar refractivity (Wildman–Crippen MR) is 84.9 cm³/mol. The van der Waals surface area contributed by atoms with Crippen LogP contribution in [0.3, 0.4) is 0 Å². The molecule has 0 fully saturated rings. The fourth-order valence-electron chi connectivity index (χ4n) is 2.28. The van der Waals surface area contributed by atoms with Crippen LogP contribution in [-0.2, 0) is 0 Å². The second kappa shape index (κ2) is 6.31. The molecule has 6 nitrogen and oxygen atoms in total. The lowest BCUT2D eigenvalue weighted by atomic mass is 10.1. The van der Waals surface area contributed by atoms with E-state index in [2.05, 4.69) is 10.3 Å². The van der Waals surface area contributed by atoms with E-state index in [1.54, 1.807) is 35.1 Å². The molecular formula is C17H15N3O3. The van der Waals surface area contributed by atoms with Gasteiger partial charge in [-0.15, -0.1) is 5.10 Å². The number of aromatic carboxylic acids is 1. The summed E-state index contributed by atoms with van der Waals surface area (Å²) in [6.45, 7) is 2.54. The molecule has 0 radical (unpaired) electrons. The molecule has 0 aliphatic carbocycles. The topological polar surface area (TPSA) is 77.2 Å². The van der Waals surface area contributed by atoms with Crippen molar-refractivity contribution in [2.75, 3.05) is 6.61 Å². The SMILES string of the molecule is CCOc1ccc(-c2cnnn2-c2cccc(C(=O)O)c2)cc1. The minimum absolute atomic E-state index is 0.204. The molecule has 116 valence electrons. The van der Waals surface area contributed by atoms with E-state index in [0.29, 0.717) is 12.3 Å². The molecule has 23 heavy (non-hydrogen) atoms. The summed E-state index contributed by atoms with van der Waals surface area (Å²) >= 11 is 0. The van der Waals surface area contributed by atoms with E-state index in [0.717, 1.165) is 17.0 Å². The Hall–Kier alpha value is -3.15. The summed E-state index contributed by atoms with van der Waals surface area (Å²) in [4.78, 5) is 11.1. The van der Waals surface area contributed by atoms with Crippen LogP contribution in [0.15, 0.2) is 54.7 Å². The molecule has 1 N–H and O–H groups in total. The van der Waals surface area contributed by atoms with Crippen molar-refractivity contribution in [3.05, 3.63) is 60.3 Å². The van der Waals surface area contributed by atoms with Crippen LogP contribution in [0.4, 0.5) is 0 Å². The third-order valence-corrected chi connectivity index (χ3v) is 3.35. The molecule has 3 aromatic rings. The van der Waals surface area contributed by atoms with E-state index < -0.39 is 5.97 Å². The fourth-order valence-corrected chi connectivity index (χ4v) is 2.28. The molecule has 1 aromatic heterocycles. The summed E-state index contributed by atoms with van der Waals surface area (Å²) in [6, 6.07) is 14.2. The first-order chi connectivity index (χ1) is 11.2. The lowest BCUT2D eigenvalue weighted by Crippen LogP contribution is -2.02. The van der Waals surface area contributed by atoms with Crippen LogP contribution in [0.5, 0.6) is 5.75 Å². The Labute approximate surface area is 133 Å². The Kier molecular flexibility index (Phi) is 4.05. The minimum Gasteiger partial charge on any atom is -0.494 e. The van der Waals surface area contributed by atoms with Crippen molar-refractivity contribution >= 4 is 5.97 Å². The van der Waals surface area contributed by atoms with Crippen LogP contribution in [0.2, 0.25) is 0 Å². The second-order valence-electron chi connectivity index (χ2n) is 4.84. The monoisotopic (exact) mass is 309 g/mol. The number of hydrogen-bond donors (Lipinski definition) is 1. The number of hydrogen-bond acceptors (Lipinski definition) is 4. The van der Waals surface area contributed by atoms with Gasteiger partial charge in [-0.05, 0) is 49.4 Å². The van der Waals surface area contributed by atoms with Gasteiger partial charge in [0.05, 0.1) is 29.7 Å². The lowest BCUT2D eigenvalue weighted by Gasteiger charge is -2.08. The maximum Gasteiger partial charge on any atom is 0.335 e. The smallest absolute Gasteiger partial charge is 0.335 e. The molecular weight excluding hydrogens is 294 g/mol. The van der Waals surface area contributed by atoms with E-state index in [-0.39, 0.29) is 5.56 Å². The lowest BCUT2D eigenvalue weighted by molar-refractivity contribution is 0.0697. The zero-order valence-electron chi connectivity index (χ0n) is 12.5. The van der Waals surface area contributed by atoms with Gasteiger partial charge in [0, 0.05) is 5.56 Å². The molecule has 3 rings (SSSR count). The van der Waals surface area contributed by atoms with Crippen LogP contribution in [0.25, 0.3) is 16.9 Å². The molecule has 0 amide bonds. The van der Waals surface area contributed by atoms with Crippen LogP contribution in [0.1, 0.15) is 17.3 Å². The van der Waals surface area contributed by atoms with E-state index in [9.17, 15) is 4.79 Å². The highest BCUT2D eigenvalue weighted by Crippen LogP contribution is 2.24. The van der Waals surface area contributed by atoms with Crippen LogP contribution < -0.4 is 4.74 Å². The van der Waals surface area contributed by atoms with E-state index in [1.165, 1.54) is 0 Å². The molecule has 0 saturated heterocycles. The Balaban J connectivity index is 1.99. The third-order valence-electron chi connectivity index (χ3n) is 3.35. The van der Waals surface area contributed by atoms with Crippen LogP contribution >= 0.6 is 0 Å². The van der Waals surface area contributed by atoms with Gasteiger partial charge in [-0.2, -0.15) is 0 Å². The number of aromatic nitrogens is 3. The van der Waals surface area contributed by atoms with Gasteiger partial charge in [0.15, 0.2) is 0 Å². The van der Waals surface area contributed by atoms with Gasteiger partial charge in [-0.25, -0.2) is 9.48 Å². The summed E-state index contributed by atoms with van der Waals surface area (Å²) in [5, 5.41) is 17.1. The van der Waals surface area contributed by atoms with Crippen LogP contribution in [0, 0.1) is 0 Å². The van der Waals surface area contributed by atoms with Crippen molar-refractivity contribution in [3.63, 3.8) is 0 Å². The van der Waals surface area contributed by atoms with Crippen molar-refractivity contribution in [2.24, 2.45) is 0 Å². The Bertz CT molecular complexity index is 825. The van der Waals surface area contributed by atoms with Crippen LogP contribution in [-0.4, -0.2) is 32.7 Å². The highest BCUT2D eigenvalue weighted by molar-refractivity contribution is 5.88. The summed E-state index contributed by atoms with van der Waals surface area (Å²) in [5.41, 5.74) is 2.54. The number of nitrogens with zero attached hydrogens (tertiary/aromatic N) is 3. The molecule has 6 heteroatoms. The number of benzene rings is 2. The molecule has 0 unspecified atom stereocenters. The summed E-state index contributed by atoms with van der Waals surface area (Å²) < 4.78 is 7.05. The predicted octanol–water partition coefficient (Wildman–Crippen LogP) is 3.03. The Morgan fingerprint density at radius 3 is 2.70 bits per heavy atom. The maximum atomic E-state index is 11.1. The second-order valence-corrected chi connectivity index (χ2v) is 4.84. The van der Waals surface area contributed by atoms with Gasteiger partial charge >= 0.3 is 5.97 Å². The largest absolute Gasteiger partial charge is 0.494 e. The highest BCUT2D eigenvalue weighted by atomic mass is 16.5. The van der Waals surface area contributed by atoms with Crippen molar-refractivity contribution in [3.8, 4) is 22.7 Å². The standard InChI is InChI=1S/C17H15N3O3/c1-2-23-15-8-6-12(7-9-15)16-11-18-19-20(16)14-5-3-4-13(10-14)17(21)22/h3-11H,2H2,1H3,(H,21,22). The molecule has 0 aliphatic heterocycles. The first kappa shape index (κ1) is 14.8. The molecule has 0 saturated carbocycles. The molecule has 0 bridgehead atoms. The van der Waals surface area contributed by atoms with Gasteiger partial charge in [0.1, 0.15) is 5.75 Å². The minimum atomic E-state index is -0.977. The van der Waals surface area contributed by atoms with Crippen molar-refractivity contribution in [2.45, 2.75) is 6.92 Å². The zero-order chi connectivity index (χ0) is 16.2. The van der Waals surface area contributed by atoms with Crippen molar-refractivity contribution < 1.29 is 14.6 Å². The van der Waals surface area contributed by atoms with Gasteiger partial charge < -0.3 is 9.84 Å². The number of carboxylic acid groups (broad SMARTS) is 1. The Morgan fingerprint density at radius 1 is 1.22 bits per heavy atom. The van der Waals surface area contributed by atoms with Crippen molar-refractivity contribution in [1.29, 1.82) is 0 Å². The van der Waals surface area contributed by atoms with Gasteiger partial charge in [-0.3, -0.25) is 0 Å². The molecule has 0 atom stereocenters. The van der Waals surface area contributed by atoms with Gasteiger partial charge in [-0.1, -0.05) is 11.3 Å². The molecule has 2 aromatic carbocycles. The average Bonchev–Trinajstić information content (AvgIpc) is 3.05. The third kappa shape index (κ3) is 3.06. The zero-order valence-corrected chi connectivity index (χ0v) is 12.5. The molecule has 0 aliphatic rings.